The van der Waals surface area contributed by atoms with E-state index in [1.165, 1.54) is 12.3 Å². The lowest BCUT2D eigenvalue weighted by molar-refractivity contribution is 0.102. The number of oxazole rings is 1. The molecule has 0 radical (unpaired) electrons. The number of aromatic nitrogens is 2. The van der Waals surface area contributed by atoms with Crippen LogP contribution in [-0.2, 0) is 0 Å². The van der Waals surface area contributed by atoms with Crippen LogP contribution in [0.5, 0.6) is 0 Å². The van der Waals surface area contributed by atoms with Crippen LogP contribution in [0, 0.1) is 0 Å². The Hall–Kier alpha value is -2.89. The summed E-state index contributed by atoms with van der Waals surface area (Å²) in [6.45, 7) is 0. The minimum atomic E-state index is -0.594. The number of para-hydroxylation sites is 1. The Morgan fingerprint density at radius 3 is 2.84 bits per heavy atom. The van der Waals surface area contributed by atoms with E-state index in [1.807, 2.05) is 18.2 Å². The highest BCUT2D eigenvalue weighted by atomic mass is 16.4. The Balaban J connectivity index is 1.91. The van der Waals surface area contributed by atoms with Gasteiger partial charge >= 0.3 is 5.76 Å². The highest BCUT2D eigenvalue weighted by molar-refractivity contribution is 6.05. The van der Waals surface area contributed by atoms with Crippen molar-refractivity contribution in [2.45, 2.75) is 0 Å². The van der Waals surface area contributed by atoms with E-state index in [9.17, 15) is 9.59 Å². The zero-order valence-corrected chi connectivity index (χ0v) is 9.71. The number of aromatic amines is 1. The third-order valence-corrected chi connectivity index (χ3v) is 2.57. The van der Waals surface area contributed by atoms with Crippen LogP contribution in [0.4, 0.5) is 5.69 Å². The average Bonchev–Trinajstić information content (AvgIpc) is 2.78. The Kier molecular flexibility index (Phi) is 2.60. The SMILES string of the molecule is O=C(Nc1ccccc1)c1cnc2[nH]c(=O)oc2c1. The highest BCUT2D eigenvalue weighted by Gasteiger charge is 2.10. The fourth-order valence-electron chi connectivity index (χ4n) is 1.69. The van der Waals surface area contributed by atoms with Gasteiger partial charge in [0, 0.05) is 11.9 Å². The summed E-state index contributed by atoms with van der Waals surface area (Å²) in [4.78, 5) is 29.3. The maximum atomic E-state index is 12.0. The van der Waals surface area contributed by atoms with Crippen molar-refractivity contribution >= 4 is 22.8 Å². The first kappa shape index (κ1) is 11.2. The summed E-state index contributed by atoms with van der Waals surface area (Å²) in [5, 5.41) is 2.72. The summed E-state index contributed by atoms with van der Waals surface area (Å²) in [6, 6.07) is 10.5. The summed E-state index contributed by atoms with van der Waals surface area (Å²) >= 11 is 0. The molecule has 0 saturated carbocycles. The normalized spacial score (nSPS) is 10.5. The molecule has 6 nitrogen and oxygen atoms in total. The monoisotopic (exact) mass is 255 g/mol. The van der Waals surface area contributed by atoms with Gasteiger partial charge in [0.15, 0.2) is 11.2 Å². The molecule has 3 aromatic rings. The number of H-pyrrole nitrogens is 1. The molecule has 0 spiro atoms. The van der Waals surface area contributed by atoms with E-state index >= 15 is 0 Å². The van der Waals surface area contributed by atoms with Crippen LogP contribution in [0.15, 0.2) is 51.8 Å². The van der Waals surface area contributed by atoms with Gasteiger partial charge in [-0.25, -0.2) is 9.78 Å². The van der Waals surface area contributed by atoms with Crippen LogP contribution in [0.3, 0.4) is 0 Å². The first-order valence-electron chi connectivity index (χ1n) is 5.58. The number of hydrogen-bond acceptors (Lipinski definition) is 4. The van der Waals surface area contributed by atoms with Gasteiger partial charge in [0.2, 0.25) is 0 Å². The predicted molar refractivity (Wildman–Crippen MR) is 69.0 cm³/mol. The molecular formula is C13H9N3O3. The Bertz CT molecular complexity index is 790. The molecule has 0 fully saturated rings. The summed E-state index contributed by atoms with van der Waals surface area (Å²) in [5.74, 6) is -0.910. The number of carbonyl (C=O) groups excluding carboxylic acids is 1. The van der Waals surface area contributed by atoms with Gasteiger partial charge in [0.1, 0.15) is 0 Å². The third kappa shape index (κ3) is 2.23. The van der Waals surface area contributed by atoms with E-state index in [0.717, 1.165) is 0 Å². The quantitative estimate of drug-likeness (QED) is 0.730. The molecule has 6 heteroatoms. The molecule has 0 atom stereocenters. The van der Waals surface area contributed by atoms with Crippen LogP contribution in [0.2, 0.25) is 0 Å². The molecule has 0 saturated heterocycles. The van der Waals surface area contributed by atoms with Crippen LogP contribution in [-0.4, -0.2) is 15.9 Å². The molecule has 2 heterocycles. The van der Waals surface area contributed by atoms with Gasteiger partial charge in [-0.05, 0) is 18.2 Å². The van der Waals surface area contributed by atoms with Gasteiger partial charge in [0.05, 0.1) is 5.56 Å². The number of rotatable bonds is 2. The molecular weight excluding hydrogens is 246 g/mol. The van der Waals surface area contributed by atoms with E-state index in [-0.39, 0.29) is 11.5 Å². The summed E-state index contributed by atoms with van der Waals surface area (Å²) in [6.07, 6.45) is 1.38. The Labute approximate surface area is 107 Å². The van der Waals surface area contributed by atoms with Crippen molar-refractivity contribution in [3.8, 4) is 0 Å². The van der Waals surface area contributed by atoms with Crippen molar-refractivity contribution in [2.75, 3.05) is 5.32 Å². The maximum absolute atomic E-state index is 12.0. The molecule has 3 rings (SSSR count). The van der Waals surface area contributed by atoms with E-state index in [4.69, 9.17) is 4.42 Å². The van der Waals surface area contributed by atoms with Gasteiger partial charge in [-0.15, -0.1) is 0 Å². The first-order chi connectivity index (χ1) is 9.22. The summed E-state index contributed by atoms with van der Waals surface area (Å²) in [7, 11) is 0. The van der Waals surface area contributed by atoms with E-state index in [1.54, 1.807) is 12.1 Å². The van der Waals surface area contributed by atoms with Crippen molar-refractivity contribution in [1.82, 2.24) is 9.97 Å². The summed E-state index contributed by atoms with van der Waals surface area (Å²) < 4.78 is 4.86. The van der Waals surface area contributed by atoms with Crippen LogP contribution in [0.25, 0.3) is 11.2 Å². The van der Waals surface area contributed by atoms with Crippen molar-refractivity contribution in [3.05, 3.63) is 58.7 Å². The fraction of sp³-hybridized carbons (Fsp3) is 0. The molecule has 0 bridgehead atoms. The number of hydrogen-bond donors (Lipinski definition) is 2. The van der Waals surface area contributed by atoms with Crippen molar-refractivity contribution in [1.29, 1.82) is 0 Å². The number of anilines is 1. The van der Waals surface area contributed by atoms with E-state index in [0.29, 0.717) is 16.9 Å². The number of nitrogens with one attached hydrogen (secondary N) is 2. The molecule has 94 valence electrons. The largest absolute Gasteiger partial charge is 0.418 e. The van der Waals surface area contributed by atoms with E-state index < -0.39 is 5.76 Å². The lowest BCUT2D eigenvalue weighted by Crippen LogP contribution is -2.11. The van der Waals surface area contributed by atoms with Crippen LogP contribution in [0.1, 0.15) is 10.4 Å². The predicted octanol–water partition coefficient (Wildman–Crippen LogP) is 1.77. The van der Waals surface area contributed by atoms with Crippen LogP contribution >= 0.6 is 0 Å². The standard InChI is InChI=1S/C13H9N3O3/c17-12(15-9-4-2-1-3-5-9)8-6-10-11(14-7-8)16-13(18)19-10/h1-7H,(H,15,17)(H,14,16,18). The van der Waals surface area contributed by atoms with Crippen molar-refractivity contribution < 1.29 is 9.21 Å². The van der Waals surface area contributed by atoms with Gasteiger partial charge in [-0.1, -0.05) is 18.2 Å². The second kappa shape index (κ2) is 4.41. The smallest absolute Gasteiger partial charge is 0.406 e. The molecule has 1 amide bonds. The second-order valence-corrected chi connectivity index (χ2v) is 3.91. The minimum Gasteiger partial charge on any atom is -0.406 e. The zero-order chi connectivity index (χ0) is 13.2. The molecule has 0 unspecified atom stereocenters. The number of pyridine rings is 1. The van der Waals surface area contributed by atoms with Crippen LogP contribution < -0.4 is 11.1 Å². The molecule has 19 heavy (non-hydrogen) atoms. The zero-order valence-electron chi connectivity index (χ0n) is 9.71. The molecule has 0 aliphatic rings. The first-order valence-corrected chi connectivity index (χ1v) is 5.58. The fourth-order valence-corrected chi connectivity index (χ4v) is 1.69. The van der Waals surface area contributed by atoms with Gasteiger partial charge in [-0.2, -0.15) is 0 Å². The van der Waals surface area contributed by atoms with Gasteiger partial charge in [0.25, 0.3) is 5.91 Å². The lowest BCUT2D eigenvalue weighted by Gasteiger charge is -2.03. The van der Waals surface area contributed by atoms with Crippen molar-refractivity contribution in [3.63, 3.8) is 0 Å². The van der Waals surface area contributed by atoms with Gasteiger partial charge < -0.3 is 9.73 Å². The Morgan fingerprint density at radius 2 is 2.05 bits per heavy atom. The third-order valence-electron chi connectivity index (χ3n) is 2.57. The second-order valence-electron chi connectivity index (χ2n) is 3.91. The number of carbonyl (C=O) groups is 1. The molecule has 0 aliphatic heterocycles. The molecule has 2 N–H and O–H groups in total. The summed E-state index contributed by atoms with van der Waals surface area (Å²) in [5.41, 5.74) is 1.58. The molecule has 1 aromatic carbocycles. The topological polar surface area (TPSA) is 88.0 Å². The molecule has 2 aromatic heterocycles. The molecule has 0 aliphatic carbocycles. The van der Waals surface area contributed by atoms with E-state index in [2.05, 4.69) is 15.3 Å². The Morgan fingerprint density at radius 1 is 1.26 bits per heavy atom. The lowest BCUT2D eigenvalue weighted by atomic mass is 10.2. The van der Waals surface area contributed by atoms with Crippen molar-refractivity contribution in [2.24, 2.45) is 0 Å². The maximum Gasteiger partial charge on any atom is 0.418 e. The minimum absolute atomic E-state index is 0.255. The number of nitrogens with zero attached hydrogens (tertiary/aromatic N) is 1. The highest BCUT2D eigenvalue weighted by Crippen LogP contribution is 2.12. The average molecular weight is 255 g/mol. The number of fused-ring (bicyclic) bond motifs is 1. The number of benzene rings is 1. The van der Waals surface area contributed by atoms with Gasteiger partial charge in [-0.3, -0.25) is 9.78 Å². The number of amides is 1.